The lowest BCUT2D eigenvalue weighted by Crippen LogP contribution is -2.56. The Kier molecular flexibility index (Phi) is 5.20. The second kappa shape index (κ2) is 7.50. The maximum absolute atomic E-state index is 11.4. The SMILES string of the molecule is COc1ccccc1-c1cc([C@H]2CN3CC[C@H]2C[C@@H]3CNS(C)(=O)=O)n(C)n1. The molecule has 28 heavy (non-hydrogen) atoms. The molecule has 0 spiro atoms. The van der Waals surface area contributed by atoms with Crippen LogP contribution in [0.1, 0.15) is 24.5 Å². The number of methoxy groups -OCH3 is 1. The Hall–Kier alpha value is -1.90. The molecule has 4 atom stereocenters. The molecule has 0 amide bonds. The molecule has 8 heteroatoms. The first-order valence-electron chi connectivity index (χ1n) is 9.71. The highest BCUT2D eigenvalue weighted by Gasteiger charge is 2.42. The zero-order valence-corrected chi connectivity index (χ0v) is 17.4. The zero-order chi connectivity index (χ0) is 19.9. The lowest BCUT2D eigenvalue weighted by molar-refractivity contribution is 0.0306. The van der Waals surface area contributed by atoms with Crippen LogP contribution >= 0.6 is 0 Å². The number of aromatic nitrogens is 2. The van der Waals surface area contributed by atoms with Gasteiger partial charge in [0, 0.05) is 43.4 Å². The molecule has 0 saturated carbocycles. The molecule has 0 radical (unpaired) electrons. The van der Waals surface area contributed by atoms with Crippen LogP contribution in [0.2, 0.25) is 0 Å². The van der Waals surface area contributed by atoms with Crippen LogP contribution in [0, 0.1) is 5.92 Å². The smallest absolute Gasteiger partial charge is 0.208 e. The Morgan fingerprint density at radius 3 is 2.79 bits per heavy atom. The number of ether oxygens (including phenoxy) is 1. The molecule has 1 aromatic heterocycles. The number of hydrogen-bond acceptors (Lipinski definition) is 5. The first kappa shape index (κ1) is 19.4. The van der Waals surface area contributed by atoms with Crippen LogP contribution in [0.3, 0.4) is 0 Å². The predicted octanol–water partition coefficient (Wildman–Crippen LogP) is 1.82. The summed E-state index contributed by atoms with van der Waals surface area (Å²) in [4.78, 5) is 2.43. The summed E-state index contributed by atoms with van der Waals surface area (Å²) in [6, 6.07) is 10.4. The summed E-state index contributed by atoms with van der Waals surface area (Å²) in [6.07, 6.45) is 3.39. The van der Waals surface area contributed by atoms with Gasteiger partial charge in [-0.15, -0.1) is 0 Å². The molecular weight excluding hydrogens is 376 g/mol. The molecular formula is C20H28N4O3S. The van der Waals surface area contributed by atoms with Crippen molar-refractivity contribution >= 4 is 10.0 Å². The Balaban J connectivity index is 1.54. The molecule has 1 aromatic carbocycles. The van der Waals surface area contributed by atoms with E-state index in [0.29, 0.717) is 18.4 Å². The fourth-order valence-electron chi connectivity index (χ4n) is 4.75. The van der Waals surface area contributed by atoms with Crippen molar-refractivity contribution in [3.8, 4) is 17.0 Å². The largest absolute Gasteiger partial charge is 0.496 e. The number of rotatable bonds is 6. The van der Waals surface area contributed by atoms with Crippen LogP contribution in [0.25, 0.3) is 11.3 Å². The van der Waals surface area contributed by atoms with Gasteiger partial charge in [0.05, 0.1) is 19.1 Å². The van der Waals surface area contributed by atoms with Gasteiger partial charge in [0.2, 0.25) is 10.0 Å². The minimum Gasteiger partial charge on any atom is -0.496 e. The van der Waals surface area contributed by atoms with E-state index >= 15 is 0 Å². The maximum atomic E-state index is 11.4. The molecule has 7 nitrogen and oxygen atoms in total. The first-order chi connectivity index (χ1) is 13.4. The number of nitrogens with zero attached hydrogens (tertiary/aromatic N) is 3. The van der Waals surface area contributed by atoms with E-state index in [9.17, 15) is 8.42 Å². The topological polar surface area (TPSA) is 76.5 Å². The number of para-hydroxylation sites is 1. The van der Waals surface area contributed by atoms with Crippen molar-refractivity contribution in [3.63, 3.8) is 0 Å². The predicted molar refractivity (Wildman–Crippen MR) is 109 cm³/mol. The van der Waals surface area contributed by atoms with Gasteiger partial charge in [-0.05, 0) is 43.5 Å². The molecule has 5 rings (SSSR count). The number of hydrogen-bond donors (Lipinski definition) is 1. The van der Waals surface area contributed by atoms with Crippen molar-refractivity contribution in [3.05, 3.63) is 36.0 Å². The third kappa shape index (κ3) is 3.81. The quantitative estimate of drug-likeness (QED) is 0.795. The molecule has 1 unspecified atom stereocenters. The maximum Gasteiger partial charge on any atom is 0.208 e. The Labute approximate surface area is 166 Å². The highest BCUT2D eigenvalue weighted by atomic mass is 32.2. The van der Waals surface area contributed by atoms with E-state index in [0.717, 1.165) is 42.9 Å². The first-order valence-corrected chi connectivity index (χ1v) is 11.6. The van der Waals surface area contributed by atoms with Gasteiger partial charge in [0.1, 0.15) is 5.75 Å². The van der Waals surface area contributed by atoms with Gasteiger partial charge in [-0.1, -0.05) is 12.1 Å². The van der Waals surface area contributed by atoms with Crippen molar-refractivity contribution in [2.24, 2.45) is 13.0 Å². The molecule has 2 bridgehead atoms. The second-order valence-electron chi connectivity index (χ2n) is 7.94. The summed E-state index contributed by atoms with van der Waals surface area (Å²) < 4.78 is 33.1. The number of fused-ring (bicyclic) bond motifs is 3. The van der Waals surface area contributed by atoms with Gasteiger partial charge >= 0.3 is 0 Å². The Morgan fingerprint density at radius 2 is 2.11 bits per heavy atom. The van der Waals surface area contributed by atoms with Gasteiger partial charge in [0.15, 0.2) is 0 Å². The van der Waals surface area contributed by atoms with Crippen LogP contribution in [0.4, 0.5) is 0 Å². The molecule has 152 valence electrons. The van der Waals surface area contributed by atoms with Gasteiger partial charge in [-0.25, -0.2) is 13.1 Å². The van der Waals surface area contributed by atoms with Crippen molar-refractivity contribution in [1.29, 1.82) is 0 Å². The summed E-state index contributed by atoms with van der Waals surface area (Å²) >= 11 is 0. The Bertz CT molecular complexity index is 956. The molecule has 4 heterocycles. The van der Waals surface area contributed by atoms with E-state index in [1.54, 1.807) is 7.11 Å². The van der Waals surface area contributed by atoms with E-state index in [2.05, 4.69) is 15.7 Å². The molecule has 3 saturated heterocycles. The third-order valence-electron chi connectivity index (χ3n) is 6.14. The van der Waals surface area contributed by atoms with Crippen molar-refractivity contribution in [2.45, 2.75) is 24.8 Å². The van der Waals surface area contributed by atoms with Crippen LogP contribution in [0.5, 0.6) is 5.75 Å². The summed E-state index contributed by atoms with van der Waals surface area (Å²) in [5.41, 5.74) is 3.18. The number of piperidine rings is 3. The van der Waals surface area contributed by atoms with E-state index in [4.69, 9.17) is 9.84 Å². The van der Waals surface area contributed by atoms with Gasteiger partial charge < -0.3 is 4.74 Å². The molecule has 3 aliphatic heterocycles. The molecule has 2 aromatic rings. The number of aryl methyl sites for hydroxylation is 1. The molecule has 0 aliphatic carbocycles. The lowest BCUT2D eigenvalue weighted by atomic mass is 9.74. The van der Waals surface area contributed by atoms with Crippen molar-refractivity contribution < 1.29 is 13.2 Å². The van der Waals surface area contributed by atoms with Crippen LogP contribution in [-0.4, -0.2) is 62.1 Å². The number of sulfonamides is 1. The van der Waals surface area contributed by atoms with E-state index < -0.39 is 10.0 Å². The fourth-order valence-corrected chi connectivity index (χ4v) is 5.24. The van der Waals surface area contributed by atoms with Crippen molar-refractivity contribution in [1.82, 2.24) is 19.4 Å². The normalized spacial score (nSPS) is 27.1. The highest BCUT2D eigenvalue weighted by Crippen LogP contribution is 2.42. The van der Waals surface area contributed by atoms with E-state index in [1.165, 1.54) is 11.9 Å². The minimum absolute atomic E-state index is 0.284. The van der Waals surface area contributed by atoms with Gasteiger partial charge in [0.25, 0.3) is 0 Å². The van der Waals surface area contributed by atoms with E-state index in [-0.39, 0.29) is 6.04 Å². The number of benzene rings is 1. The molecule has 3 fully saturated rings. The summed E-state index contributed by atoms with van der Waals surface area (Å²) in [5.74, 6) is 1.80. The standard InChI is InChI=1S/C20H28N4O3S/c1-23-19(11-18(22-23)16-6-4-5-7-20(16)27-2)17-13-24-9-8-14(17)10-15(24)12-21-28(3,25)26/h4-7,11,14-15,17,21H,8-10,12-13H2,1-3H3/t14-,15+,17-/m0/s1. The van der Waals surface area contributed by atoms with Crippen LogP contribution in [-0.2, 0) is 17.1 Å². The van der Waals surface area contributed by atoms with Crippen LogP contribution < -0.4 is 9.46 Å². The summed E-state index contributed by atoms with van der Waals surface area (Å²) in [7, 11) is 0.540. The third-order valence-corrected chi connectivity index (χ3v) is 6.83. The summed E-state index contributed by atoms with van der Waals surface area (Å²) in [6.45, 7) is 2.49. The van der Waals surface area contributed by atoms with Crippen molar-refractivity contribution in [2.75, 3.05) is 33.0 Å². The van der Waals surface area contributed by atoms with Gasteiger partial charge in [-0.3, -0.25) is 9.58 Å². The second-order valence-corrected chi connectivity index (χ2v) is 9.77. The lowest BCUT2D eigenvalue weighted by Gasteiger charge is -2.49. The monoisotopic (exact) mass is 404 g/mol. The fraction of sp³-hybridized carbons (Fsp3) is 0.550. The summed E-state index contributed by atoms with van der Waals surface area (Å²) in [5, 5.41) is 4.76. The van der Waals surface area contributed by atoms with Gasteiger partial charge in [-0.2, -0.15) is 5.10 Å². The average molecular weight is 405 g/mol. The zero-order valence-electron chi connectivity index (χ0n) is 16.6. The Morgan fingerprint density at radius 1 is 1.32 bits per heavy atom. The molecule has 3 aliphatic rings. The highest BCUT2D eigenvalue weighted by molar-refractivity contribution is 7.88. The average Bonchev–Trinajstić information content (AvgIpc) is 3.07. The minimum atomic E-state index is -3.15. The van der Waals surface area contributed by atoms with Crippen LogP contribution in [0.15, 0.2) is 30.3 Å². The molecule has 1 N–H and O–H groups in total. The number of nitrogens with one attached hydrogen (secondary N) is 1. The van der Waals surface area contributed by atoms with E-state index in [1.807, 2.05) is 36.0 Å².